The molecule has 2 unspecified atom stereocenters. The summed E-state index contributed by atoms with van der Waals surface area (Å²) in [5, 5.41) is 9.69. The number of amides is 3. The lowest BCUT2D eigenvalue weighted by atomic mass is 9.99. The van der Waals surface area contributed by atoms with Gasteiger partial charge in [-0.25, -0.2) is 9.37 Å². The van der Waals surface area contributed by atoms with Crippen LogP contribution in [0.2, 0.25) is 0 Å². The number of halogens is 1. The monoisotopic (exact) mass is 395 g/mol. The topological polar surface area (TPSA) is 108 Å². The molecule has 0 saturated carbocycles. The minimum absolute atomic E-state index is 0.0916. The van der Waals surface area contributed by atoms with Gasteiger partial charge in [-0.3, -0.25) is 29.7 Å². The molecule has 1 aliphatic rings. The Balaban J connectivity index is 1.71. The molecular formula is C20H18FN5O3. The van der Waals surface area contributed by atoms with Gasteiger partial charge in [-0.15, -0.1) is 0 Å². The van der Waals surface area contributed by atoms with E-state index >= 15 is 4.39 Å². The number of carbonyl (C=O) groups is 3. The van der Waals surface area contributed by atoms with E-state index in [4.69, 9.17) is 0 Å². The average Bonchev–Trinajstić information content (AvgIpc) is 3.35. The van der Waals surface area contributed by atoms with Crippen LogP contribution in [0.4, 0.5) is 10.2 Å². The number of nitrogens with zero attached hydrogens (tertiary/aromatic N) is 3. The second-order valence-corrected chi connectivity index (χ2v) is 6.91. The average molecular weight is 395 g/mol. The van der Waals surface area contributed by atoms with Gasteiger partial charge in [0, 0.05) is 41.4 Å². The van der Waals surface area contributed by atoms with Gasteiger partial charge in [-0.05, 0) is 24.8 Å². The molecule has 148 valence electrons. The second kappa shape index (κ2) is 7.42. The number of aromatic amines is 1. The number of hydrogen-bond acceptors (Lipinski definition) is 5. The SMILES string of the molecule is CC(CCC(=O)NC=O)N1C(=O)c2cccc3c(C(F)c4cn[nH]c4)cnc1c23. The maximum absolute atomic E-state index is 15.1. The minimum atomic E-state index is -1.43. The van der Waals surface area contributed by atoms with Gasteiger partial charge in [-0.2, -0.15) is 5.10 Å². The molecule has 2 atom stereocenters. The summed E-state index contributed by atoms with van der Waals surface area (Å²) in [6.45, 7) is 1.81. The molecule has 0 radical (unpaired) electrons. The van der Waals surface area contributed by atoms with Crippen molar-refractivity contribution in [2.75, 3.05) is 4.90 Å². The molecule has 3 amide bonds. The molecule has 3 heterocycles. The fourth-order valence-corrected chi connectivity index (χ4v) is 3.68. The van der Waals surface area contributed by atoms with Crippen molar-refractivity contribution in [3.05, 3.63) is 53.5 Å². The first kappa shape index (κ1) is 18.7. The number of aromatic nitrogens is 3. The molecule has 0 aliphatic carbocycles. The minimum Gasteiger partial charge on any atom is -0.299 e. The van der Waals surface area contributed by atoms with E-state index in [-0.39, 0.29) is 18.4 Å². The Morgan fingerprint density at radius 2 is 2.21 bits per heavy atom. The highest BCUT2D eigenvalue weighted by Crippen LogP contribution is 2.41. The Morgan fingerprint density at radius 1 is 1.38 bits per heavy atom. The highest BCUT2D eigenvalue weighted by Gasteiger charge is 2.35. The van der Waals surface area contributed by atoms with Crippen LogP contribution in [0.3, 0.4) is 0 Å². The molecule has 0 bridgehead atoms. The van der Waals surface area contributed by atoms with Crippen LogP contribution in [0.25, 0.3) is 10.8 Å². The number of pyridine rings is 1. The van der Waals surface area contributed by atoms with Gasteiger partial charge >= 0.3 is 0 Å². The lowest BCUT2D eigenvalue weighted by Crippen LogP contribution is -2.37. The van der Waals surface area contributed by atoms with Crippen LogP contribution < -0.4 is 10.2 Å². The van der Waals surface area contributed by atoms with E-state index in [2.05, 4.69) is 20.5 Å². The second-order valence-electron chi connectivity index (χ2n) is 6.91. The molecule has 2 N–H and O–H groups in total. The lowest BCUT2D eigenvalue weighted by molar-refractivity contribution is -0.125. The summed E-state index contributed by atoms with van der Waals surface area (Å²) in [5.74, 6) is -0.200. The van der Waals surface area contributed by atoms with Gasteiger partial charge in [0.05, 0.1) is 11.8 Å². The number of nitrogens with one attached hydrogen (secondary N) is 2. The zero-order valence-electron chi connectivity index (χ0n) is 15.6. The Bertz CT molecular complexity index is 1100. The van der Waals surface area contributed by atoms with Crippen molar-refractivity contribution in [1.82, 2.24) is 20.5 Å². The van der Waals surface area contributed by atoms with E-state index < -0.39 is 12.1 Å². The zero-order chi connectivity index (χ0) is 20.5. The summed E-state index contributed by atoms with van der Waals surface area (Å²) in [4.78, 5) is 40.9. The molecule has 1 aliphatic heterocycles. The number of anilines is 1. The molecule has 0 spiro atoms. The van der Waals surface area contributed by atoms with Crippen LogP contribution in [-0.2, 0) is 9.59 Å². The van der Waals surface area contributed by atoms with Gasteiger partial charge in [0.15, 0.2) is 6.17 Å². The van der Waals surface area contributed by atoms with E-state index in [9.17, 15) is 14.4 Å². The normalized spacial score (nSPS) is 14.8. The predicted octanol–water partition coefficient (Wildman–Crippen LogP) is 2.42. The van der Waals surface area contributed by atoms with Crippen molar-refractivity contribution in [2.24, 2.45) is 0 Å². The first-order chi connectivity index (χ1) is 14.0. The van der Waals surface area contributed by atoms with Crippen molar-refractivity contribution < 1.29 is 18.8 Å². The van der Waals surface area contributed by atoms with Gasteiger partial charge in [0.1, 0.15) is 5.82 Å². The summed E-state index contributed by atoms with van der Waals surface area (Å²) >= 11 is 0. The summed E-state index contributed by atoms with van der Waals surface area (Å²) in [6, 6.07) is 4.85. The molecule has 1 aromatic carbocycles. The van der Waals surface area contributed by atoms with Crippen LogP contribution in [0.1, 0.15) is 47.4 Å². The highest BCUT2D eigenvalue weighted by atomic mass is 19.1. The lowest BCUT2D eigenvalue weighted by Gasteiger charge is -2.24. The summed E-state index contributed by atoms with van der Waals surface area (Å²) in [5.41, 5.74) is 1.19. The van der Waals surface area contributed by atoms with Gasteiger partial charge < -0.3 is 0 Å². The Labute approximate surface area is 165 Å². The highest BCUT2D eigenvalue weighted by molar-refractivity contribution is 6.24. The Hall–Kier alpha value is -3.62. The predicted molar refractivity (Wildman–Crippen MR) is 103 cm³/mol. The molecule has 8 nitrogen and oxygen atoms in total. The fraction of sp³-hybridized carbons (Fsp3) is 0.250. The molecule has 4 rings (SSSR count). The van der Waals surface area contributed by atoms with Crippen molar-refractivity contribution in [3.8, 4) is 0 Å². The van der Waals surface area contributed by atoms with E-state index in [0.29, 0.717) is 46.1 Å². The zero-order valence-corrected chi connectivity index (χ0v) is 15.6. The fourth-order valence-electron chi connectivity index (χ4n) is 3.68. The Kier molecular flexibility index (Phi) is 4.79. The molecular weight excluding hydrogens is 377 g/mol. The largest absolute Gasteiger partial charge is 0.299 e. The molecule has 3 aromatic rings. The molecule has 9 heteroatoms. The third-order valence-corrected chi connectivity index (χ3v) is 5.14. The van der Waals surface area contributed by atoms with Crippen molar-refractivity contribution in [1.29, 1.82) is 0 Å². The standard InChI is InChI=1S/C20H18FN5O3/c1-11(5-6-16(28)23-10-27)26-19-17-13(3-2-4-14(17)20(26)29)15(9-22-19)18(21)12-7-24-25-8-12/h2-4,7-11,18H,5-6H2,1H3,(H,24,25)(H,23,27,28). The number of H-pyrrole nitrogens is 1. The van der Waals surface area contributed by atoms with Gasteiger partial charge in [0.2, 0.25) is 12.3 Å². The van der Waals surface area contributed by atoms with E-state index in [1.54, 1.807) is 18.2 Å². The Morgan fingerprint density at radius 3 is 2.93 bits per heavy atom. The van der Waals surface area contributed by atoms with Crippen LogP contribution in [0, 0.1) is 0 Å². The molecule has 29 heavy (non-hydrogen) atoms. The van der Waals surface area contributed by atoms with E-state index in [1.807, 2.05) is 6.92 Å². The maximum Gasteiger partial charge on any atom is 0.260 e. The summed E-state index contributed by atoms with van der Waals surface area (Å²) < 4.78 is 15.1. The number of alkyl halides is 1. The van der Waals surface area contributed by atoms with Crippen molar-refractivity contribution in [2.45, 2.75) is 32.0 Å². The van der Waals surface area contributed by atoms with E-state index in [1.165, 1.54) is 23.5 Å². The number of rotatable bonds is 7. The van der Waals surface area contributed by atoms with Crippen LogP contribution >= 0.6 is 0 Å². The molecule has 0 saturated heterocycles. The molecule has 0 fully saturated rings. The first-order valence-electron chi connectivity index (χ1n) is 9.14. The number of hydrogen-bond donors (Lipinski definition) is 2. The van der Waals surface area contributed by atoms with Crippen LogP contribution in [0.5, 0.6) is 0 Å². The summed E-state index contributed by atoms with van der Waals surface area (Å²) in [7, 11) is 0. The number of imide groups is 1. The van der Waals surface area contributed by atoms with Crippen molar-refractivity contribution >= 4 is 34.8 Å². The van der Waals surface area contributed by atoms with Crippen LogP contribution in [-0.4, -0.2) is 39.4 Å². The third-order valence-electron chi connectivity index (χ3n) is 5.14. The van der Waals surface area contributed by atoms with Gasteiger partial charge in [-0.1, -0.05) is 12.1 Å². The van der Waals surface area contributed by atoms with Crippen LogP contribution in [0.15, 0.2) is 36.8 Å². The molecule has 2 aromatic heterocycles. The quantitative estimate of drug-likeness (QED) is 0.598. The number of carbonyl (C=O) groups excluding carboxylic acids is 3. The smallest absolute Gasteiger partial charge is 0.260 e. The third kappa shape index (κ3) is 3.14. The van der Waals surface area contributed by atoms with E-state index in [0.717, 1.165) is 0 Å². The van der Waals surface area contributed by atoms with Gasteiger partial charge in [0.25, 0.3) is 5.91 Å². The number of benzene rings is 1. The summed E-state index contributed by atoms with van der Waals surface area (Å²) in [6.07, 6.45) is 3.69. The van der Waals surface area contributed by atoms with Crippen molar-refractivity contribution in [3.63, 3.8) is 0 Å². The first-order valence-corrected chi connectivity index (χ1v) is 9.14. The maximum atomic E-state index is 15.1.